The number of benzene rings is 3. The molecule has 1 aliphatic heterocycles. The van der Waals surface area contributed by atoms with Gasteiger partial charge in [-0.1, -0.05) is 31.2 Å². The third-order valence-corrected chi connectivity index (χ3v) is 10.9. The molecule has 1 fully saturated rings. The van der Waals surface area contributed by atoms with Gasteiger partial charge in [-0.3, -0.25) is 4.90 Å². The summed E-state index contributed by atoms with van der Waals surface area (Å²) < 4.78 is 55.4. The van der Waals surface area contributed by atoms with E-state index in [1.165, 1.54) is 10.0 Å². The van der Waals surface area contributed by atoms with Gasteiger partial charge in [-0.15, -0.1) is 0 Å². The highest BCUT2D eigenvalue weighted by Gasteiger charge is 2.30. The number of halogens is 1. The number of aromatic nitrogens is 2. The van der Waals surface area contributed by atoms with Crippen LogP contribution in [-0.4, -0.2) is 58.9 Å². The summed E-state index contributed by atoms with van der Waals surface area (Å²) in [4.78, 5) is 7.13. The molecule has 3 aromatic carbocycles. The molecule has 2 N–H and O–H groups in total. The zero-order valence-electron chi connectivity index (χ0n) is 29.2. The first-order valence-electron chi connectivity index (χ1n) is 17.0. The average molecular weight is 690 g/mol. The molecule has 0 bridgehead atoms. The number of ether oxygens (including phenoxy) is 2. The van der Waals surface area contributed by atoms with Crippen LogP contribution in [0.3, 0.4) is 0 Å². The Labute approximate surface area is 289 Å². The van der Waals surface area contributed by atoms with Crippen LogP contribution in [0.5, 0.6) is 5.75 Å². The lowest BCUT2D eigenvalue weighted by molar-refractivity contribution is -0.116. The monoisotopic (exact) mass is 689 g/mol. The van der Waals surface area contributed by atoms with Crippen LogP contribution in [0, 0.1) is 17.1 Å². The van der Waals surface area contributed by atoms with Gasteiger partial charge in [-0.25, -0.2) is 21.8 Å². The summed E-state index contributed by atoms with van der Waals surface area (Å²) in [5, 5.41) is 8.99. The van der Waals surface area contributed by atoms with Crippen molar-refractivity contribution in [1.82, 2.24) is 13.9 Å². The lowest BCUT2D eigenvalue weighted by Crippen LogP contribution is -2.43. The number of nitriles is 1. The zero-order valence-corrected chi connectivity index (χ0v) is 30.0. The minimum atomic E-state index is -3.63. The Morgan fingerprint density at radius 3 is 2.47 bits per heavy atom. The van der Waals surface area contributed by atoms with E-state index in [2.05, 4.69) is 11.0 Å². The molecule has 2 heterocycles. The molecule has 0 unspecified atom stereocenters. The van der Waals surface area contributed by atoms with Gasteiger partial charge in [-0.05, 0) is 113 Å². The largest absolute Gasteiger partial charge is 0.489 e. The van der Waals surface area contributed by atoms with Crippen molar-refractivity contribution in [3.8, 4) is 11.8 Å². The van der Waals surface area contributed by atoms with Gasteiger partial charge in [0.25, 0.3) is 0 Å². The topological polar surface area (TPSA) is 123 Å². The van der Waals surface area contributed by atoms with Crippen LogP contribution in [0.1, 0.15) is 87.9 Å². The van der Waals surface area contributed by atoms with Crippen molar-refractivity contribution < 1.29 is 22.3 Å². The van der Waals surface area contributed by atoms with Crippen LogP contribution >= 0.6 is 0 Å². The predicted molar refractivity (Wildman–Crippen MR) is 190 cm³/mol. The Kier molecular flexibility index (Phi) is 11.1. The SMILES string of the molecule is CCCS(=O)(=O)n1c(CN2CCC(c3cccc(OCc4ccc(C#N)cc4F)c3)CC2)nc2ccc(CC(C)(C)OC(C)(C)CN)cc21. The summed E-state index contributed by atoms with van der Waals surface area (Å²) in [6.07, 6.45) is 2.89. The highest BCUT2D eigenvalue weighted by Crippen LogP contribution is 2.32. The maximum absolute atomic E-state index is 14.3. The number of hydrogen-bond acceptors (Lipinski definition) is 8. The number of nitrogens with two attached hydrogens (primary N) is 1. The molecule has 0 atom stereocenters. The number of piperidine rings is 1. The minimum absolute atomic E-state index is 0.0350. The predicted octanol–water partition coefficient (Wildman–Crippen LogP) is 6.67. The van der Waals surface area contributed by atoms with E-state index in [0.717, 1.165) is 37.1 Å². The Morgan fingerprint density at radius 2 is 1.80 bits per heavy atom. The second kappa shape index (κ2) is 15.0. The third kappa shape index (κ3) is 9.05. The van der Waals surface area contributed by atoms with E-state index in [9.17, 15) is 12.8 Å². The second-order valence-electron chi connectivity index (χ2n) is 14.3. The van der Waals surface area contributed by atoms with Gasteiger partial charge in [0.15, 0.2) is 0 Å². The molecule has 11 heteroatoms. The minimum Gasteiger partial charge on any atom is -0.489 e. The van der Waals surface area contributed by atoms with Crippen molar-refractivity contribution in [2.75, 3.05) is 25.4 Å². The standard InChI is InChI=1S/C38H48FN5O4S/c1-6-18-49(45,46)44-35-20-27(22-37(2,3)48-38(4,5)26-41)11-13-34(35)42-36(44)24-43-16-14-29(15-17-43)30-8-7-9-32(21-30)47-25-31-12-10-28(23-40)19-33(31)39/h7-13,19-21,29H,6,14-18,22,24-26,41H2,1-5H3. The van der Waals surface area contributed by atoms with Gasteiger partial charge in [0.2, 0.25) is 10.0 Å². The first-order valence-corrected chi connectivity index (χ1v) is 18.6. The van der Waals surface area contributed by atoms with Gasteiger partial charge < -0.3 is 15.2 Å². The number of fused-ring (bicyclic) bond motifs is 1. The molecule has 0 spiro atoms. The van der Waals surface area contributed by atoms with Gasteiger partial charge in [0, 0.05) is 18.5 Å². The van der Waals surface area contributed by atoms with Crippen LogP contribution in [0.15, 0.2) is 60.7 Å². The van der Waals surface area contributed by atoms with E-state index in [1.807, 2.05) is 77.1 Å². The Hall–Kier alpha value is -3.82. The van der Waals surface area contributed by atoms with E-state index in [1.54, 1.807) is 12.1 Å². The van der Waals surface area contributed by atoms with Crippen LogP contribution in [0.2, 0.25) is 0 Å². The number of imidazole rings is 1. The fraction of sp³-hybridized carbons (Fsp3) is 0.474. The van der Waals surface area contributed by atoms with Crippen LogP contribution in [0.25, 0.3) is 11.0 Å². The molecule has 0 saturated carbocycles. The summed E-state index contributed by atoms with van der Waals surface area (Å²) >= 11 is 0. The van der Waals surface area contributed by atoms with E-state index in [4.69, 9.17) is 25.5 Å². The van der Waals surface area contributed by atoms with Crippen LogP contribution in [0.4, 0.5) is 4.39 Å². The third-order valence-electron chi connectivity index (χ3n) is 9.02. The van der Waals surface area contributed by atoms with E-state index in [-0.39, 0.29) is 17.9 Å². The van der Waals surface area contributed by atoms with E-state index in [0.29, 0.717) is 60.0 Å². The quantitative estimate of drug-likeness (QED) is 0.156. The molecule has 0 aliphatic carbocycles. The maximum atomic E-state index is 14.3. The van der Waals surface area contributed by atoms with E-state index < -0.39 is 27.0 Å². The summed E-state index contributed by atoms with van der Waals surface area (Å²) in [6, 6.07) is 20.1. The summed E-state index contributed by atoms with van der Waals surface area (Å²) in [7, 11) is -3.63. The highest BCUT2D eigenvalue weighted by molar-refractivity contribution is 7.90. The van der Waals surface area contributed by atoms with Crippen molar-refractivity contribution in [2.45, 2.75) is 90.6 Å². The van der Waals surface area contributed by atoms with Gasteiger partial charge in [0.05, 0.1) is 46.2 Å². The molecule has 5 rings (SSSR count). The van der Waals surface area contributed by atoms with Gasteiger partial charge >= 0.3 is 0 Å². The van der Waals surface area contributed by atoms with Crippen molar-refractivity contribution in [2.24, 2.45) is 5.73 Å². The number of rotatable bonds is 14. The average Bonchev–Trinajstić information content (AvgIpc) is 3.41. The van der Waals surface area contributed by atoms with Crippen molar-refractivity contribution >= 4 is 21.1 Å². The molecule has 4 aromatic rings. The molecule has 262 valence electrons. The lowest BCUT2D eigenvalue weighted by Gasteiger charge is -2.35. The molecule has 1 aliphatic rings. The molecule has 1 aromatic heterocycles. The molecule has 1 saturated heterocycles. The zero-order chi connectivity index (χ0) is 35.4. The molecule has 49 heavy (non-hydrogen) atoms. The van der Waals surface area contributed by atoms with Crippen molar-refractivity contribution in [3.63, 3.8) is 0 Å². The lowest BCUT2D eigenvalue weighted by atomic mass is 9.89. The summed E-state index contributed by atoms with van der Waals surface area (Å²) in [6.45, 7) is 12.3. The van der Waals surface area contributed by atoms with Crippen LogP contribution < -0.4 is 10.5 Å². The summed E-state index contributed by atoms with van der Waals surface area (Å²) in [5.41, 5.74) is 8.98. The molecule has 9 nitrogen and oxygen atoms in total. The van der Waals surface area contributed by atoms with E-state index >= 15 is 0 Å². The number of nitrogens with zero attached hydrogens (tertiary/aromatic N) is 4. The van der Waals surface area contributed by atoms with Crippen molar-refractivity contribution in [1.29, 1.82) is 5.26 Å². The highest BCUT2D eigenvalue weighted by atomic mass is 32.2. The molecular formula is C38H48FN5O4S. The molecular weight excluding hydrogens is 642 g/mol. The van der Waals surface area contributed by atoms with Gasteiger partial charge in [-0.2, -0.15) is 5.26 Å². The summed E-state index contributed by atoms with van der Waals surface area (Å²) in [5.74, 6) is 1.08. The first kappa shape index (κ1) is 36.5. The molecule has 0 amide bonds. The maximum Gasteiger partial charge on any atom is 0.240 e. The Bertz CT molecular complexity index is 1920. The first-order chi connectivity index (χ1) is 23.2. The van der Waals surface area contributed by atoms with Crippen LogP contribution in [-0.2, 0) is 34.3 Å². The number of hydrogen-bond donors (Lipinski definition) is 1. The normalized spacial score (nSPS) is 15.1. The van der Waals surface area contributed by atoms with Gasteiger partial charge in [0.1, 0.15) is 24.0 Å². The smallest absolute Gasteiger partial charge is 0.240 e. The fourth-order valence-electron chi connectivity index (χ4n) is 6.71. The number of likely N-dealkylation sites (tertiary alicyclic amines) is 1. The fourth-order valence-corrected chi connectivity index (χ4v) is 8.28. The Balaban J connectivity index is 1.28. The molecule has 0 radical (unpaired) electrons. The second-order valence-corrected chi connectivity index (χ2v) is 16.2. The Morgan fingerprint density at radius 1 is 1.04 bits per heavy atom. The van der Waals surface area contributed by atoms with Crippen molar-refractivity contribution in [3.05, 3.63) is 94.6 Å².